The van der Waals surface area contributed by atoms with Crippen LogP contribution in [0.3, 0.4) is 0 Å². The molecule has 0 fully saturated rings. The first-order valence-electron chi connectivity index (χ1n) is 5.44. The summed E-state index contributed by atoms with van der Waals surface area (Å²) in [5.41, 5.74) is 0. The molecule has 0 unspecified atom stereocenters. The molecule has 0 aliphatic heterocycles. The van der Waals surface area contributed by atoms with Gasteiger partial charge in [0, 0.05) is 25.5 Å². The van der Waals surface area contributed by atoms with Gasteiger partial charge in [0.15, 0.2) is 10.8 Å². The summed E-state index contributed by atoms with van der Waals surface area (Å²) in [6, 6.07) is 0. The van der Waals surface area contributed by atoms with Crippen molar-refractivity contribution < 1.29 is 0 Å². The van der Waals surface area contributed by atoms with Crippen molar-refractivity contribution in [3.8, 4) is 10.8 Å². The van der Waals surface area contributed by atoms with E-state index >= 15 is 0 Å². The van der Waals surface area contributed by atoms with Crippen LogP contribution in [0.25, 0.3) is 10.8 Å². The SMILES string of the molecule is CCCn1ccnc1-c1nnc(NCC)s1. The van der Waals surface area contributed by atoms with E-state index in [-0.39, 0.29) is 0 Å². The smallest absolute Gasteiger partial charge is 0.206 e. The van der Waals surface area contributed by atoms with Gasteiger partial charge in [0.05, 0.1) is 0 Å². The van der Waals surface area contributed by atoms with E-state index in [1.54, 1.807) is 6.20 Å². The second-order valence-electron chi connectivity index (χ2n) is 3.39. The second-order valence-corrected chi connectivity index (χ2v) is 4.36. The quantitative estimate of drug-likeness (QED) is 0.866. The minimum Gasteiger partial charge on any atom is -0.360 e. The van der Waals surface area contributed by atoms with Crippen LogP contribution < -0.4 is 5.32 Å². The molecule has 2 aromatic heterocycles. The average molecular weight is 237 g/mol. The van der Waals surface area contributed by atoms with Gasteiger partial charge in [-0.15, -0.1) is 10.2 Å². The molecule has 0 aliphatic rings. The van der Waals surface area contributed by atoms with Crippen molar-refractivity contribution >= 4 is 16.5 Å². The second kappa shape index (κ2) is 5.07. The van der Waals surface area contributed by atoms with Crippen molar-refractivity contribution in [2.45, 2.75) is 26.8 Å². The molecule has 0 bridgehead atoms. The molecule has 0 spiro atoms. The van der Waals surface area contributed by atoms with Gasteiger partial charge in [-0.25, -0.2) is 4.98 Å². The van der Waals surface area contributed by atoms with E-state index in [0.29, 0.717) is 0 Å². The third-order valence-electron chi connectivity index (χ3n) is 2.12. The minimum atomic E-state index is 0.851. The van der Waals surface area contributed by atoms with E-state index < -0.39 is 0 Å². The molecule has 0 aromatic carbocycles. The maximum absolute atomic E-state index is 4.32. The summed E-state index contributed by atoms with van der Waals surface area (Å²) < 4.78 is 2.11. The Kier molecular flexibility index (Phi) is 3.51. The zero-order valence-electron chi connectivity index (χ0n) is 9.47. The number of aryl methyl sites for hydroxylation is 1. The van der Waals surface area contributed by atoms with Crippen molar-refractivity contribution in [3.05, 3.63) is 12.4 Å². The van der Waals surface area contributed by atoms with Crippen LogP contribution in [-0.2, 0) is 6.54 Å². The highest BCUT2D eigenvalue weighted by molar-refractivity contribution is 7.18. The molecule has 0 radical (unpaired) electrons. The fourth-order valence-electron chi connectivity index (χ4n) is 1.46. The maximum Gasteiger partial charge on any atom is 0.206 e. The van der Waals surface area contributed by atoms with Crippen LogP contribution in [0, 0.1) is 0 Å². The van der Waals surface area contributed by atoms with Gasteiger partial charge >= 0.3 is 0 Å². The van der Waals surface area contributed by atoms with Gasteiger partial charge in [-0.3, -0.25) is 0 Å². The fraction of sp³-hybridized carbons (Fsp3) is 0.500. The number of nitrogens with zero attached hydrogens (tertiary/aromatic N) is 4. The van der Waals surface area contributed by atoms with Crippen molar-refractivity contribution in [2.24, 2.45) is 0 Å². The lowest BCUT2D eigenvalue weighted by Crippen LogP contribution is -1.97. The van der Waals surface area contributed by atoms with Gasteiger partial charge in [0.25, 0.3) is 0 Å². The van der Waals surface area contributed by atoms with Gasteiger partial charge in [0.1, 0.15) is 0 Å². The maximum atomic E-state index is 4.32. The molecule has 2 rings (SSSR count). The Labute approximate surface area is 98.5 Å². The number of nitrogens with one attached hydrogen (secondary N) is 1. The summed E-state index contributed by atoms with van der Waals surface area (Å²) in [4.78, 5) is 4.32. The molecule has 0 saturated carbocycles. The van der Waals surface area contributed by atoms with Crippen LogP contribution in [0.2, 0.25) is 0 Å². The van der Waals surface area contributed by atoms with Gasteiger partial charge in [-0.1, -0.05) is 18.3 Å². The summed E-state index contributed by atoms with van der Waals surface area (Å²) in [7, 11) is 0. The Balaban J connectivity index is 2.24. The summed E-state index contributed by atoms with van der Waals surface area (Å²) in [5, 5.41) is 13.1. The number of imidazole rings is 1. The van der Waals surface area contributed by atoms with Crippen LogP contribution in [0.1, 0.15) is 20.3 Å². The Morgan fingerprint density at radius 2 is 2.25 bits per heavy atom. The lowest BCUT2D eigenvalue weighted by atomic mass is 10.4. The molecule has 0 saturated heterocycles. The molecule has 0 amide bonds. The molecule has 1 N–H and O–H groups in total. The van der Waals surface area contributed by atoms with E-state index in [9.17, 15) is 0 Å². The largest absolute Gasteiger partial charge is 0.360 e. The normalized spacial score (nSPS) is 10.6. The van der Waals surface area contributed by atoms with E-state index in [0.717, 1.165) is 35.5 Å². The lowest BCUT2D eigenvalue weighted by Gasteiger charge is -2.01. The monoisotopic (exact) mass is 237 g/mol. The summed E-state index contributed by atoms with van der Waals surface area (Å²) in [6.07, 6.45) is 4.87. The number of rotatable bonds is 5. The van der Waals surface area contributed by atoms with Crippen molar-refractivity contribution in [2.75, 3.05) is 11.9 Å². The van der Waals surface area contributed by atoms with Gasteiger partial charge < -0.3 is 9.88 Å². The molecule has 86 valence electrons. The molecule has 16 heavy (non-hydrogen) atoms. The first kappa shape index (κ1) is 11.1. The van der Waals surface area contributed by atoms with Crippen LogP contribution in [0.15, 0.2) is 12.4 Å². The Morgan fingerprint density at radius 1 is 1.38 bits per heavy atom. The number of hydrogen-bond acceptors (Lipinski definition) is 5. The van der Waals surface area contributed by atoms with Crippen LogP contribution in [0.5, 0.6) is 0 Å². The average Bonchev–Trinajstić information content (AvgIpc) is 2.87. The van der Waals surface area contributed by atoms with Crippen LogP contribution in [-0.4, -0.2) is 26.3 Å². The third kappa shape index (κ3) is 2.21. The number of hydrogen-bond donors (Lipinski definition) is 1. The molecule has 0 aliphatic carbocycles. The van der Waals surface area contributed by atoms with Crippen molar-refractivity contribution in [1.29, 1.82) is 0 Å². The summed E-state index contributed by atoms with van der Waals surface area (Å²) in [6.45, 7) is 6.01. The van der Waals surface area contributed by atoms with Crippen molar-refractivity contribution in [1.82, 2.24) is 19.7 Å². The first-order valence-corrected chi connectivity index (χ1v) is 6.25. The van der Waals surface area contributed by atoms with Crippen molar-refractivity contribution in [3.63, 3.8) is 0 Å². The topological polar surface area (TPSA) is 55.6 Å². The predicted octanol–water partition coefficient (Wildman–Crippen LogP) is 2.24. The highest BCUT2D eigenvalue weighted by Crippen LogP contribution is 2.24. The lowest BCUT2D eigenvalue weighted by molar-refractivity contribution is 0.684. The first-order chi connectivity index (χ1) is 7.85. The Bertz CT molecular complexity index is 448. The standard InChI is InChI=1S/C10H15N5S/c1-3-6-15-7-5-12-8(15)9-13-14-10(16-9)11-4-2/h5,7H,3-4,6H2,1-2H3,(H,11,14). The van der Waals surface area contributed by atoms with E-state index in [2.05, 4.69) is 32.0 Å². The number of anilines is 1. The summed E-state index contributed by atoms with van der Waals surface area (Å²) >= 11 is 1.54. The highest BCUT2D eigenvalue weighted by Gasteiger charge is 2.11. The molecular formula is C10H15N5S. The van der Waals surface area contributed by atoms with Gasteiger partial charge in [0.2, 0.25) is 5.13 Å². The minimum absolute atomic E-state index is 0.851. The Morgan fingerprint density at radius 3 is 3.00 bits per heavy atom. The zero-order chi connectivity index (χ0) is 11.4. The third-order valence-corrected chi connectivity index (χ3v) is 3.00. The van der Waals surface area contributed by atoms with E-state index in [1.807, 2.05) is 13.1 Å². The molecule has 5 nitrogen and oxygen atoms in total. The molecule has 2 heterocycles. The van der Waals surface area contributed by atoms with E-state index in [4.69, 9.17) is 0 Å². The summed E-state index contributed by atoms with van der Waals surface area (Å²) in [5.74, 6) is 0.906. The molecule has 0 atom stereocenters. The molecular weight excluding hydrogens is 222 g/mol. The molecule has 6 heteroatoms. The van der Waals surface area contributed by atoms with Crippen LogP contribution >= 0.6 is 11.3 Å². The Hall–Kier alpha value is -1.43. The van der Waals surface area contributed by atoms with Crippen LogP contribution in [0.4, 0.5) is 5.13 Å². The fourth-order valence-corrected chi connectivity index (χ4v) is 2.29. The zero-order valence-corrected chi connectivity index (χ0v) is 10.3. The van der Waals surface area contributed by atoms with Gasteiger partial charge in [-0.05, 0) is 13.3 Å². The highest BCUT2D eigenvalue weighted by atomic mass is 32.1. The number of aromatic nitrogens is 4. The predicted molar refractivity (Wildman–Crippen MR) is 65.6 cm³/mol. The molecule has 2 aromatic rings. The van der Waals surface area contributed by atoms with E-state index in [1.165, 1.54) is 11.3 Å². The van der Waals surface area contributed by atoms with Gasteiger partial charge in [-0.2, -0.15) is 0 Å².